The Hall–Kier alpha value is -0.0800. The first-order chi connectivity index (χ1) is 6.05. The number of aliphatic hydroxyl groups is 1. The third kappa shape index (κ3) is 1.75. The summed E-state index contributed by atoms with van der Waals surface area (Å²) >= 11 is 0. The van der Waals surface area contributed by atoms with Gasteiger partial charge in [0.25, 0.3) is 0 Å². The van der Waals surface area contributed by atoms with E-state index in [1.54, 1.807) is 0 Å². The van der Waals surface area contributed by atoms with Gasteiger partial charge in [-0.1, -0.05) is 20.3 Å². The van der Waals surface area contributed by atoms with Gasteiger partial charge in [-0.3, -0.25) is 4.90 Å². The van der Waals surface area contributed by atoms with Crippen molar-refractivity contribution in [3.63, 3.8) is 0 Å². The number of hydrogen-bond acceptors (Lipinski definition) is 2. The molecule has 0 spiro atoms. The smallest absolute Gasteiger partial charge is 0.0897 e. The molecule has 1 saturated heterocycles. The second-order valence-electron chi connectivity index (χ2n) is 5.39. The van der Waals surface area contributed by atoms with E-state index in [1.165, 1.54) is 25.8 Å². The first-order valence-electron chi connectivity index (χ1n) is 5.50. The van der Waals surface area contributed by atoms with Crippen LogP contribution in [0.3, 0.4) is 0 Å². The Morgan fingerprint density at radius 1 is 1.31 bits per heavy atom. The largest absolute Gasteiger partial charge is 0.387 e. The summed E-state index contributed by atoms with van der Waals surface area (Å²) in [5, 5.41) is 9.84. The van der Waals surface area contributed by atoms with Crippen LogP contribution in [0.4, 0.5) is 0 Å². The molecule has 2 fully saturated rings. The molecule has 2 nitrogen and oxygen atoms in total. The van der Waals surface area contributed by atoms with Gasteiger partial charge in [-0.25, -0.2) is 0 Å². The minimum atomic E-state index is -0.347. The van der Waals surface area contributed by atoms with Crippen LogP contribution < -0.4 is 0 Å². The van der Waals surface area contributed by atoms with Gasteiger partial charge in [0, 0.05) is 19.6 Å². The quantitative estimate of drug-likeness (QED) is 0.719. The maximum absolute atomic E-state index is 9.84. The molecule has 0 unspecified atom stereocenters. The van der Waals surface area contributed by atoms with Crippen LogP contribution in [0.25, 0.3) is 0 Å². The maximum Gasteiger partial charge on any atom is 0.0897 e. The highest BCUT2D eigenvalue weighted by atomic mass is 16.3. The average Bonchev–Trinajstić information content (AvgIpc) is 1.98. The molecule has 0 aromatic rings. The standard InChI is InChI=1S/C11H21NO/c1-3-11(13)8-12(9-11)7-10(2)5-4-6-10/h13H,3-9H2,1-2H3. The summed E-state index contributed by atoms with van der Waals surface area (Å²) in [6.07, 6.45) is 5.07. The number of β-amino-alcohol motifs (C(OH)–C–C–N with tert-alkyl or cyclic N) is 1. The van der Waals surface area contributed by atoms with Crippen LogP contribution in [0.15, 0.2) is 0 Å². The molecule has 0 radical (unpaired) electrons. The lowest BCUT2D eigenvalue weighted by Crippen LogP contribution is -2.63. The Morgan fingerprint density at radius 3 is 2.31 bits per heavy atom. The molecule has 0 aromatic carbocycles. The van der Waals surface area contributed by atoms with E-state index < -0.39 is 0 Å². The highest BCUT2D eigenvalue weighted by molar-refractivity contribution is 4.98. The first-order valence-corrected chi connectivity index (χ1v) is 5.50. The Kier molecular flexibility index (Phi) is 2.16. The molecule has 1 heterocycles. The summed E-state index contributed by atoms with van der Waals surface area (Å²) in [5.74, 6) is 0. The minimum Gasteiger partial charge on any atom is -0.387 e. The maximum atomic E-state index is 9.84. The summed E-state index contributed by atoms with van der Waals surface area (Å²) < 4.78 is 0. The van der Waals surface area contributed by atoms with Crippen molar-refractivity contribution in [2.45, 2.75) is 45.1 Å². The molecular weight excluding hydrogens is 162 g/mol. The van der Waals surface area contributed by atoms with Gasteiger partial charge < -0.3 is 5.11 Å². The SMILES string of the molecule is CCC1(O)CN(CC2(C)CCC2)C1. The van der Waals surface area contributed by atoms with Crippen molar-refractivity contribution < 1.29 is 5.11 Å². The van der Waals surface area contributed by atoms with Crippen molar-refractivity contribution in [2.75, 3.05) is 19.6 Å². The zero-order valence-corrected chi connectivity index (χ0v) is 8.84. The zero-order valence-electron chi connectivity index (χ0n) is 8.84. The fourth-order valence-electron chi connectivity index (χ4n) is 2.60. The normalized spacial score (nSPS) is 30.7. The van der Waals surface area contributed by atoms with Crippen LogP contribution in [0.5, 0.6) is 0 Å². The molecule has 1 aliphatic heterocycles. The van der Waals surface area contributed by atoms with E-state index in [2.05, 4.69) is 18.7 Å². The van der Waals surface area contributed by atoms with Crippen molar-refractivity contribution >= 4 is 0 Å². The Labute approximate surface area is 80.9 Å². The highest BCUT2D eigenvalue weighted by Gasteiger charge is 2.43. The van der Waals surface area contributed by atoms with E-state index in [1.807, 2.05) is 0 Å². The van der Waals surface area contributed by atoms with E-state index in [-0.39, 0.29) is 5.60 Å². The van der Waals surface area contributed by atoms with Crippen LogP contribution in [0.2, 0.25) is 0 Å². The lowest BCUT2D eigenvalue weighted by atomic mass is 9.69. The lowest BCUT2D eigenvalue weighted by Gasteiger charge is -2.51. The van der Waals surface area contributed by atoms with Gasteiger partial charge in [0.15, 0.2) is 0 Å². The third-order valence-electron chi connectivity index (χ3n) is 3.86. The molecule has 2 aliphatic rings. The number of nitrogens with zero attached hydrogens (tertiary/aromatic N) is 1. The fraction of sp³-hybridized carbons (Fsp3) is 1.00. The van der Waals surface area contributed by atoms with Gasteiger partial charge >= 0.3 is 0 Å². The van der Waals surface area contributed by atoms with Gasteiger partial charge in [-0.15, -0.1) is 0 Å². The average molecular weight is 183 g/mol. The molecule has 0 bridgehead atoms. The second-order valence-corrected chi connectivity index (χ2v) is 5.39. The number of likely N-dealkylation sites (tertiary alicyclic amines) is 1. The fourth-order valence-corrected chi connectivity index (χ4v) is 2.60. The third-order valence-corrected chi connectivity index (χ3v) is 3.86. The molecule has 1 saturated carbocycles. The van der Waals surface area contributed by atoms with Crippen LogP contribution in [0.1, 0.15) is 39.5 Å². The van der Waals surface area contributed by atoms with Gasteiger partial charge in [0.1, 0.15) is 0 Å². The molecule has 13 heavy (non-hydrogen) atoms. The summed E-state index contributed by atoms with van der Waals surface area (Å²) in [6, 6.07) is 0. The monoisotopic (exact) mass is 183 g/mol. The van der Waals surface area contributed by atoms with Crippen LogP contribution in [0, 0.1) is 5.41 Å². The molecule has 1 aliphatic carbocycles. The van der Waals surface area contributed by atoms with Crippen molar-refractivity contribution in [1.29, 1.82) is 0 Å². The van der Waals surface area contributed by atoms with Crippen LogP contribution in [-0.2, 0) is 0 Å². The summed E-state index contributed by atoms with van der Waals surface area (Å²) in [7, 11) is 0. The van der Waals surface area contributed by atoms with Crippen molar-refractivity contribution in [3.8, 4) is 0 Å². The minimum absolute atomic E-state index is 0.347. The molecule has 76 valence electrons. The molecule has 2 heteroatoms. The van der Waals surface area contributed by atoms with E-state index >= 15 is 0 Å². The Balaban J connectivity index is 1.75. The first kappa shape index (κ1) is 9.47. The molecule has 1 N–H and O–H groups in total. The Bertz CT molecular complexity index is 192. The molecule has 0 atom stereocenters. The molecule has 0 aromatic heterocycles. The number of rotatable bonds is 3. The van der Waals surface area contributed by atoms with Crippen molar-refractivity contribution in [2.24, 2.45) is 5.41 Å². The number of hydrogen-bond donors (Lipinski definition) is 1. The topological polar surface area (TPSA) is 23.5 Å². The van der Waals surface area contributed by atoms with Gasteiger partial charge in [0.2, 0.25) is 0 Å². The summed E-state index contributed by atoms with van der Waals surface area (Å²) in [5.41, 5.74) is 0.231. The predicted octanol–water partition coefficient (Wildman–Crippen LogP) is 1.63. The molecule has 0 amide bonds. The lowest BCUT2D eigenvalue weighted by molar-refractivity contribution is -0.117. The van der Waals surface area contributed by atoms with Crippen LogP contribution >= 0.6 is 0 Å². The van der Waals surface area contributed by atoms with E-state index in [0.29, 0.717) is 5.41 Å². The van der Waals surface area contributed by atoms with Crippen molar-refractivity contribution in [3.05, 3.63) is 0 Å². The van der Waals surface area contributed by atoms with Gasteiger partial charge in [0.05, 0.1) is 5.60 Å². The van der Waals surface area contributed by atoms with E-state index in [4.69, 9.17) is 0 Å². The summed E-state index contributed by atoms with van der Waals surface area (Å²) in [6.45, 7) is 7.45. The highest BCUT2D eigenvalue weighted by Crippen LogP contribution is 2.42. The second kappa shape index (κ2) is 2.96. The van der Waals surface area contributed by atoms with Gasteiger partial charge in [-0.2, -0.15) is 0 Å². The van der Waals surface area contributed by atoms with E-state index in [9.17, 15) is 5.11 Å². The van der Waals surface area contributed by atoms with Crippen LogP contribution in [-0.4, -0.2) is 35.2 Å². The van der Waals surface area contributed by atoms with Gasteiger partial charge in [-0.05, 0) is 24.7 Å². The molecular formula is C11H21NO. The predicted molar refractivity (Wildman–Crippen MR) is 53.6 cm³/mol. The summed E-state index contributed by atoms with van der Waals surface area (Å²) in [4.78, 5) is 2.41. The van der Waals surface area contributed by atoms with Crippen molar-refractivity contribution in [1.82, 2.24) is 4.90 Å². The molecule has 2 rings (SSSR count). The Morgan fingerprint density at radius 2 is 1.92 bits per heavy atom. The zero-order chi connectivity index (χ0) is 9.53. The van der Waals surface area contributed by atoms with E-state index in [0.717, 1.165) is 19.5 Å².